The summed E-state index contributed by atoms with van der Waals surface area (Å²) < 4.78 is 7.45. The van der Waals surface area contributed by atoms with Crippen LogP contribution in [0.4, 0.5) is 5.95 Å². The predicted octanol–water partition coefficient (Wildman–Crippen LogP) is 6.72. The summed E-state index contributed by atoms with van der Waals surface area (Å²) in [5.41, 5.74) is 1.52. The molecule has 0 unspecified atom stereocenters. The Balaban J connectivity index is 1.18. The highest BCUT2D eigenvalue weighted by molar-refractivity contribution is 7.15. The lowest BCUT2D eigenvalue weighted by Gasteiger charge is -2.07. The molecule has 2 aromatic heterocycles. The number of aromatic nitrogens is 3. The maximum atomic E-state index is 12.4. The van der Waals surface area contributed by atoms with Crippen LogP contribution in [-0.2, 0) is 4.79 Å². The van der Waals surface area contributed by atoms with E-state index in [9.17, 15) is 4.79 Å². The lowest BCUT2D eigenvalue weighted by molar-refractivity contribution is -0.116. The molecule has 3 aromatic carbocycles. The first-order chi connectivity index (χ1) is 16.1. The Kier molecular flexibility index (Phi) is 6.17. The van der Waals surface area contributed by atoms with Gasteiger partial charge in [-0.1, -0.05) is 53.5 Å². The van der Waals surface area contributed by atoms with Gasteiger partial charge >= 0.3 is 0 Å². The van der Waals surface area contributed by atoms with E-state index in [4.69, 9.17) is 27.9 Å². The van der Waals surface area contributed by atoms with Crippen molar-refractivity contribution in [1.29, 1.82) is 0 Å². The van der Waals surface area contributed by atoms with E-state index < -0.39 is 0 Å². The summed E-state index contributed by atoms with van der Waals surface area (Å²) in [7, 11) is 0. The maximum Gasteiger partial charge on any atom is 0.250 e. The number of rotatable bonds is 7. The molecule has 5 aromatic rings. The fourth-order valence-corrected chi connectivity index (χ4v) is 4.69. The fourth-order valence-electron chi connectivity index (χ4n) is 3.48. The number of nitrogens with zero attached hydrogens (tertiary/aromatic N) is 3. The number of thiazole rings is 1. The van der Waals surface area contributed by atoms with Crippen LogP contribution in [-0.4, -0.2) is 27.1 Å². The number of benzene rings is 3. The van der Waals surface area contributed by atoms with Gasteiger partial charge in [-0.25, -0.2) is 4.52 Å². The number of fused-ring (bicyclic) bond motifs is 2. The van der Waals surface area contributed by atoms with Crippen LogP contribution in [0.5, 0.6) is 5.75 Å². The molecule has 0 aliphatic heterocycles. The van der Waals surface area contributed by atoms with Gasteiger partial charge in [-0.2, -0.15) is 4.98 Å². The first kappa shape index (κ1) is 21.7. The minimum Gasteiger partial charge on any atom is -0.494 e. The standard InChI is InChI=1S/C24H18Cl2N4O2S/c25-17-8-10-20(26)19(13-17)21-14-33-24-28-23(29-30(21)24)27-22(31)6-3-11-32-18-9-7-15-4-1-2-5-16(15)12-18/h1-2,4-5,7-10,12-14H,3,6,11H2,(H,27,29,31). The predicted molar refractivity (Wildman–Crippen MR) is 134 cm³/mol. The average Bonchev–Trinajstić information content (AvgIpc) is 3.38. The van der Waals surface area contributed by atoms with Gasteiger partial charge in [0.05, 0.1) is 17.3 Å². The zero-order chi connectivity index (χ0) is 22.8. The molecule has 5 rings (SSSR count). The van der Waals surface area contributed by atoms with Gasteiger partial charge in [0.1, 0.15) is 5.75 Å². The fraction of sp³-hybridized carbons (Fsp3) is 0.125. The molecule has 0 aliphatic rings. The van der Waals surface area contributed by atoms with Crippen molar-refractivity contribution in [3.05, 3.63) is 76.1 Å². The number of hydrogen-bond acceptors (Lipinski definition) is 5. The van der Waals surface area contributed by atoms with E-state index in [-0.39, 0.29) is 11.9 Å². The van der Waals surface area contributed by atoms with Crippen molar-refractivity contribution in [3.8, 4) is 17.0 Å². The molecular formula is C24H18Cl2N4O2S. The van der Waals surface area contributed by atoms with Crippen LogP contribution in [0.1, 0.15) is 12.8 Å². The Hall–Kier alpha value is -3.13. The molecule has 33 heavy (non-hydrogen) atoms. The van der Waals surface area contributed by atoms with Gasteiger partial charge in [-0.05, 0) is 47.5 Å². The lowest BCUT2D eigenvalue weighted by atomic mass is 10.1. The number of carbonyl (C=O) groups is 1. The van der Waals surface area contributed by atoms with Crippen LogP contribution in [0, 0.1) is 0 Å². The van der Waals surface area contributed by atoms with Gasteiger partial charge in [-0.15, -0.1) is 16.4 Å². The topological polar surface area (TPSA) is 68.5 Å². The molecule has 0 saturated carbocycles. The number of halogens is 2. The molecule has 166 valence electrons. The van der Waals surface area contributed by atoms with Crippen LogP contribution < -0.4 is 10.1 Å². The number of carbonyl (C=O) groups excluding carboxylic acids is 1. The number of ether oxygens (including phenoxy) is 1. The molecule has 0 atom stereocenters. The minimum atomic E-state index is -0.169. The van der Waals surface area contributed by atoms with Gasteiger partial charge in [0, 0.05) is 22.4 Å². The highest BCUT2D eigenvalue weighted by Gasteiger charge is 2.15. The molecule has 2 heterocycles. The summed E-state index contributed by atoms with van der Waals surface area (Å²) in [6.07, 6.45) is 0.873. The highest BCUT2D eigenvalue weighted by atomic mass is 35.5. The summed E-state index contributed by atoms with van der Waals surface area (Å²) >= 11 is 13.8. The third kappa shape index (κ3) is 4.80. The van der Waals surface area contributed by atoms with Crippen molar-refractivity contribution < 1.29 is 9.53 Å². The average molecular weight is 497 g/mol. The van der Waals surface area contributed by atoms with Crippen LogP contribution in [0.3, 0.4) is 0 Å². The van der Waals surface area contributed by atoms with E-state index in [1.165, 1.54) is 11.3 Å². The van der Waals surface area contributed by atoms with Crippen LogP contribution >= 0.6 is 34.5 Å². The molecule has 0 aliphatic carbocycles. The van der Waals surface area contributed by atoms with Crippen molar-refractivity contribution in [1.82, 2.24) is 14.6 Å². The van der Waals surface area contributed by atoms with E-state index in [0.29, 0.717) is 34.5 Å². The van der Waals surface area contributed by atoms with Crippen molar-refractivity contribution >= 4 is 62.1 Å². The molecule has 0 bridgehead atoms. The number of nitrogens with one attached hydrogen (secondary N) is 1. The van der Waals surface area contributed by atoms with E-state index >= 15 is 0 Å². The highest BCUT2D eigenvalue weighted by Crippen LogP contribution is 2.33. The van der Waals surface area contributed by atoms with Crippen LogP contribution in [0.15, 0.2) is 66.0 Å². The molecule has 0 spiro atoms. The molecule has 0 radical (unpaired) electrons. The monoisotopic (exact) mass is 496 g/mol. The Morgan fingerprint density at radius 1 is 1.06 bits per heavy atom. The maximum absolute atomic E-state index is 12.4. The van der Waals surface area contributed by atoms with Crippen molar-refractivity contribution in [2.75, 3.05) is 11.9 Å². The summed E-state index contributed by atoms with van der Waals surface area (Å²) in [5.74, 6) is 0.872. The van der Waals surface area contributed by atoms with Gasteiger partial charge < -0.3 is 4.74 Å². The third-order valence-electron chi connectivity index (χ3n) is 5.08. The summed E-state index contributed by atoms with van der Waals surface area (Å²) in [6.45, 7) is 0.439. The van der Waals surface area contributed by atoms with Crippen LogP contribution in [0.2, 0.25) is 10.0 Å². The van der Waals surface area contributed by atoms with Crippen molar-refractivity contribution in [2.24, 2.45) is 0 Å². The first-order valence-corrected chi connectivity index (χ1v) is 11.9. The minimum absolute atomic E-state index is 0.169. The molecule has 9 heteroatoms. The third-order valence-corrected chi connectivity index (χ3v) is 6.46. The van der Waals surface area contributed by atoms with E-state index in [2.05, 4.69) is 21.5 Å². The number of amides is 1. The van der Waals surface area contributed by atoms with Crippen molar-refractivity contribution in [3.63, 3.8) is 0 Å². The summed E-state index contributed by atoms with van der Waals surface area (Å²) in [6, 6.07) is 19.3. The Labute approximate surface area is 203 Å². The van der Waals surface area contributed by atoms with Gasteiger partial charge in [-0.3, -0.25) is 10.1 Å². The largest absolute Gasteiger partial charge is 0.494 e. The van der Waals surface area contributed by atoms with Crippen LogP contribution in [0.25, 0.3) is 27.0 Å². The Morgan fingerprint density at radius 2 is 1.91 bits per heavy atom. The first-order valence-electron chi connectivity index (χ1n) is 10.3. The zero-order valence-corrected chi connectivity index (χ0v) is 19.6. The second-order valence-corrected chi connectivity index (χ2v) is 9.06. The second kappa shape index (κ2) is 9.39. The Morgan fingerprint density at radius 3 is 2.79 bits per heavy atom. The molecule has 0 saturated heterocycles. The Bertz CT molecular complexity index is 1460. The van der Waals surface area contributed by atoms with Crippen molar-refractivity contribution in [2.45, 2.75) is 12.8 Å². The quantitative estimate of drug-likeness (QED) is 0.254. The molecule has 1 N–H and O–H groups in total. The number of hydrogen-bond donors (Lipinski definition) is 1. The molecule has 1 amide bonds. The van der Waals surface area contributed by atoms with E-state index in [1.807, 2.05) is 41.8 Å². The number of anilines is 1. The molecule has 0 fully saturated rings. The van der Waals surface area contributed by atoms with Gasteiger partial charge in [0.25, 0.3) is 0 Å². The molecule has 6 nitrogen and oxygen atoms in total. The summed E-state index contributed by atoms with van der Waals surface area (Å²) in [5, 5.41) is 12.5. The molecular weight excluding hydrogens is 479 g/mol. The second-order valence-electron chi connectivity index (χ2n) is 7.38. The van der Waals surface area contributed by atoms with E-state index in [1.54, 1.807) is 22.7 Å². The van der Waals surface area contributed by atoms with Gasteiger partial charge in [0.2, 0.25) is 16.8 Å². The summed E-state index contributed by atoms with van der Waals surface area (Å²) in [4.78, 5) is 17.4. The lowest BCUT2D eigenvalue weighted by Crippen LogP contribution is -2.14. The normalized spacial score (nSPS) is 11.2. The van der Waals surface area contributed by atoms with Gasteiger partial charge in [0.15, 0.2) is 0 Å². The smallest absolute Gasteiger partial charge is 0.250 e. The SMILES string of the molecule is O=C(CCCOc1ccc2ccccc2c1)Nc1nc2scc(-c3cc(Cl)ccc3Cl)n2n1. The zero-order valence-electron chi connectivity index (χ0n) is 17.3. The van der Waals surface area contributed by atoms with E-state index in [0.717, 1.165) is 27.8 Å².